The van der Waals surface area contributed by atoms with Gasteiger partial charge in [0.1, 0.15) is 0 Å². The summed E-state index contributed by atoms with van der Waals surface area (Å²) in [7, 11) is 0. The maximum Gasteiger partial charge on any atom is 0.193 e. The van der Waals surface area contributed by atoms with E-state index in [0.29, 0.717) is 16.1 Å². The Kier molecular flexibility index (Phi) is 3.03. The van der Waals surface area contributed by atoms with Gasteiger partial charge in [-0.15, -0.1) is 0 Å². The van der Waals surface area contributed by atoms with Crippen molar-refractivity contribution >= 4 is 23.1 Å². The van der Waals surface area contributed by atoms with Crippen molar-refractivity contribution < 1.29 is 4.79 Å². The van der Waals surface area contributed by atoms with Crippen LogP contribution in [0.3, 0.4) is 0 Å². The monoisotopic (exact) mass is 271 g/mol. The molecule has 0 saturated carbocycles. The van der Waals surface area contributed by atoms with Gasteiger partial charge in [-0.05, 0) is 36.6 Å². The van der Waals surface area contributed by atoms with Gasteiger partial charge in [-0.1, -0.05) is 35.9 Å². The summed E-state index contributed by atoms with van der Waals surface area (Å²) in [5.74, 6) is 0.0124. The lowest BCUT2D eigenvalue weighted by Gasteiger charge is -2.06. The summed E-state index contributed by atoms with van der Waals surface area (Å²) in [6.07, 6.45) is 1.03. The van der Waals surface area contributed by atoms with E-state index in [4.69, 9.17) is 11.6 Å². The van der Waals surface area contributed by atoms with Crippen molar-refractivity contribution in [2.24, 2.45) is 0 Å². The van der Waals surface area contributed by atoms with Crippen LogP contribution in [0.1, 0.15) is 27.0 Å². The highest BCUT2D eigenvalue weighted by atomic mass is 35.5. The summed E-state index contributed by atoms with van der Waals surface area (Å²) in [6.45, 7) is 2.87. The van der Waals surface area contributed by atoms with Gasteiger partial charge < -0.3 is 5.32 Å². The zero-order valence-electron chi connectivity index (χ0n) is 10.7. The molecule has 0 amide bonds. The van der Waals surface area contributed by atoms with Crippen LogP contribution in [0, 0.1) is 6.92 Å². The number of fused-ring (bicyclic) bond motifs is 1. The number of benzene rings is 2. The molecule has 96 valence electrons. The molecule has 1 aliphatic heterocycles. The summed E-state index contributed by atoms with van der Waals surface area (Å²) >= 11 is 6.07. The molecular formula is C16H14ClNO. The Labute approximate surface area is 117 Å². The first-order chi connectivity index (χ1) is 9.15. The van der Waals surface area contributed by atoms with Crippen LogP contribution in [0.4, 0.5) is 5.69 Å². The number of anilines is 1. The first kappa shape index (κ1) is 12.2. The number of ketones is 1. The van der Waals surface area contributed by atoms with Gasteiger partial charge in [0.05, 0.1) is 0 Å². The van der Waals surface area contributed by atoms with E-state index in [0.717, 1.165) is 24.2 Å². The Morgan fingerprint density at radius 1 is 1.16 bits per heavy atom. The molecule has 0 bridgehead atoms. The molecule has 2 aromatic rings. The van der Waals surface area contributed by atoms with Crippen molar-refractivity contribution in [3.63, 3.8) is 0 Å². The number of rotatable bonds is 2. The largest absolute Gasteiger partial charge is 0.384 e. The third kappa shape index (κ3) is 2.24. The standard InChI is InChI=1S/C16H14ClNO/c1-10-2-3-12(8-14(10)17)16(19)13-5-4-11-6-7-18-15(11)9-13/h2-5,8-9,18H,6-7H2,1H3. The minimum Gasteiger partial charge on any atom is -0.384 e. The first-order valence-corrected chi connectivity index (χ1v) is 6.70. The summed E-state index contributed by atoms with van der Waals surface area (Å²) in [6, 6.07) is 11.3. The summed E-state index contributed by atoms with van der Waals surface area (Å²) in [4.78, 5) is 12.4. The normalized spacial score (nSPS) is 12.9. The average Bonchev–Trinajstić information content (AvgIpc) is 2.88. The molecule has 0 radical (unpaired) electrons. The highest BCUT2D eigenvalue weighted by molar-refractivity contribution is 6.31. The molecular weight excluding hydrogens is 258 g/mol. The van der Waals surface area contributed by atoms with Crippen LogP contribution in [-0.4, -0.2) is 12.3 Å². The second-order valence-electron chi connectivity index (χ2n) is 4.84. The fourth-order valence-electron chi connectivity index (χ4n) is 2.33. The van der Waals surface area contributed by atoms with E-state index in [-0.39, 0.29) is 5.78 Å². The Balaban J connectivity index is 1.97. The second kappa shape index (κ2) is 4.71. The van der Waals surface area contributed by atoms with Crippen molar-refractivity contribution in [3.05, 3.63) is 63.7 Å². The molecule has 1 N–H and O–H groups in total. The quantitative estimate of drug-likeness (QED) is 0.841. The van der Waals surface area contributed by atoms with Crippen molar-refractivity contribution in [1.29, 1.82) is 0 Å². The van der Waals surface area contributed by atoms with Gasteiger partial charge in [0.15, 0.2) is 5.78 Å². The van der Waals surface area contributed by atoms with Crippen LogP contribution in [0.15, 0.2) is 36.4 Å². The zero-order chi connectivity index (χ0) is 13.4. The SMILES string of the molecule is Cc1ccc(C(=O)c2ccc3c(c2)NCC3)cc1Cl. The number of carbonyl (C=O) groups excluding carboxylic acids is 1. The minimum absolute atomic E-state index is 0.0124. The third-order valence-corrected chi connectivity index (χ3v) is 3.92. The average molecular weight is 272 g/mol. The van der Waals surface area contributed by atoms with Gasteiger partial charge in [-0.3, -0.25) is 4.79 Å². The van der Waals surface area contributed by atoms with Crippen LogP contribution in [0.25, 0.3) is 0 Å². The predicted molar refractivity (Wildman–Crippen MR) is 78.3 cm³/mol. The minimum atomic E-state index is 0.0124. The Morgan fingerprint density at radius 2 is 1.89 bits per heavy atom. The van der Waals surface area contributed by atoms with Crippen molar-refractivity contribution in [2.45, 2.75) is 13.3 Å². The molecule has 2 nitrogen and oxygen atoms in total. The Hall–Kier alpha value is -1.80. The van der Waals surface area contributed by atoms with E-state index < -0.39 is 0 Å². The number of hydrogen-bond acceptors (Lipinski definition) is 2. The first-order valence-electron chi connectivity index (χ1n) is 6.33. The molecule has 3 rings (SSSR count). The third-order valence-electron chi connectivity index (χ3n) is 3.52. The summed E-state index contributed by atoms with van der Waals surface area (Å²) in [5, 5.41) is 3.92. The summed E-state index contributed by atoms with van der Waals surface area (Å²) < 4.78 is 0. The predicted octanol–water partition coefficient (Wildman–Crippen LogP) is 3.85. The van der Waals surface area contributed by atoms with E-state index in [1.165, 1.54) is 5.56 Å². The maximum absolute atomic E-state index is 12.4. The molecule has 19 heavy (non-hydrogen) atoms. The van der Waals surface area contributed by atoms with Gasteiger partial charge in [-0.25, -0.2) is 0 Å². The molecule has 1 aliphatic rings. The van der Waals surface area contributed by atoms with Crippen molar-refractivity contribution in [1.82, 2.24) is 0 Å². The lowest BCUT2D eigenvalue weighted by atomic mass is 10.00. The van der Waals surface area contributed by atoms with E-state index in [2.05, 4.69) is 5.32 Å². The molecule has 0 atom stereocenters. The fourth-order valence-corrected chi connectivity index (χ4v) is 2.51. The molecule has 3 heteroatoms. The van der Waals surface area contributed by atoms with Crippen LogP contribution in [0.2, 0.25) is 5.02 Å². The van der Waals surface area contributed by atoms with Crippen LogP contribution >= 0.6 is 11.6 Å². The Bertz CT molecular complexity index is 664. The number of aryl methyl sites for hydroxylation is 1. The van der Waals surface area contributed by atoms with Crippen LogP contribution in [-0.2, 0) is 6.42 Å². The molecule has 0 aliphatic carbocycles. The molecule has 0 aromatic heterocycles. The number of halogens is 1. The van der Waals surface area contributed by atoms with E-state index >= 15 is 0 Å². The molecule has 1 heterocycles. The van der Waals surface area contributed by atoms with E-state index in [9.17, 15) is 4.79 Å². The topological polar surface area (TPSA) is 29.1 Å². The van der Waals surface area contributed by atoms with Gasteiger partial charge >= 0.3 is 0 Å². The van der Waals surface area contributed by atoms with Gasteiger partial charge in [0.25, 0.3) is 0 Å². The number of hydrogen-bond donors (Lipinski definition) is 1. The smallest absolute Gasteiger partial charge is 0.193 e. The van der Waals surface area contributed by atoms with Crippen molar-refractivity contribution in [2.75, 3.05) is 11.9 Å². The van der Waals surface area contributed by atoms with Crippen molar-refractivity contribution in [3.8, 4) is 0 Å². The van der Waals surface area contributed by atoms with Crippen LogP contribution < -0.4 is 5.32 Å². The molecule has 0 fully saturated rings. The summed E-state index contributed by atoms with van der Waals surface area (Å²) in [5.41, 5.74) is 4.66. The zero-order valence-corrected chi connectivity index (χ0v) is 11.4. The maximum atomic E-state index is 12.4. The molecule has 2 aromatic carbocycles. The van der Waals surface area contributed by atoms with Gasteiger partial charge in [0.2, 0.25) is 0 Å². The second-order valence-corrected chi connectivity index (χ2v) is 5.25. The molecule has 0 spiro atoms. The number of carbonyl (C=O) groups is 1. The fraction of sp³-hybridized carbons (Fsp3) is 0.188. The number of nitrogens with one attached hydrogen (secondary N) is 1. The Morgan fingerprint density at radius 3 is 2.68 bits per heavy atom. The molecule has 0 saturated heterocycles. The lowest BCUT2D eigenvalue weighted by Crippen LogP contribution is -2.02. The van der Waals surface area contributed by atoms with Gasteiger partial charge in [0, 0.05) is 28.4 Å². The van der Waals surface area contributed by atoms with E-state index in [1.54, 1.807) is 6.07 Å². The highest BCUT2D eigenvalue weighted by Gasteiger charge is 2.15. The lowest BCUT2D eigenvalue weighted by molar-refractivity contribution is 0.103. The molecule has 0 unspecified atom stereocenters. The van der Waals surface area contributed by atoms with Gasteiger partial charge in [-0.2, -0.15) is 0 Å². The van der Waals surface area contributed by atoms with E-state index in [1.807, 2.05) is 37.3 Å². The van der Waals surface area contributed by atoms with Crippen LogP contribution in [0.5, 0.6) is 0 Å². The highest BCUT2D eigenvalue weighted by Crippen LogP contribution is 2.25.